The highest BCUT2D eigenvalue weighted by Crippen LogP contribution is 2.22. The Labute approximate surface area is 99.6 Å². The van der Waals surface area contributed by atoms with E-state index >= 15 is 0 Å². The van der Waals surface area contributed by atoms with Gasteiger partial charge >= 0.3 is 0 Å². The van der Waals surface area contributed by atoms with Crippen LogP contribution in [0.5, 0.6) is 0 Å². The summed E-state index contributed by atoms with van der Waals surface area (Å²) >= 11 is 0. The van der Waals surface area contributed by atoms with Gasteiger partial charge in [0.15, 0.2) is 0 Å². The third kappa shape index (κ3) is 4.68. The molecule has 0 bridgehead atoms. The first kappa shape index (κ1) is 13.1. The largest absolute Gasteiger partial charge is 0.374 e. The Kier molecular flexibility index (Phi) is 6.69. The van der Waals surface area contributed by atoms with Gasteiger partial charge in [0.2, 0.25) is 0 Å². The molecule has 0 amide bonds. The van der Waals surface area contributed by atoms with Crippen LogP contribution >= 0.6 is 0 Å². The van der Waals surface area contributed by atoms with Crippen molar-refractivity contribution in [1.82, 2.24) is 0 Å². The van der Waals surface area contributed by atoms with E-state index in [1.54, 1.807) is 6.08 Å². The molecular formula is C15H22O. The Balaban J connectivity index is 2.38. The number of allylic oxidation sites excluding steroid dienone is 2. The SMILES string of the molecule is C#CC=CC1=CCCCC1OCCCCC. The maximum absolute atomic E-state index is 5.91. The van der Waals surface area contributed by atoms with E-state index in [9.17, 15) is 0 Å². The molecule has 1 atom stereocenters. The molecular weight excluding hydrogens is 196 g/mol. The van der Waals surface area contributed by atoms with Gasteiger partial charge in [0, 0.05) is 6.61 Å². The highest BCUT2D eigenvalue weighted by molar-refractivity contribution is 5.29. The molecule has 1 unspecified atom stereocenters. The molecule has 0 aliphatic heterocycles. The smallest absolute Gasteiger partial charge is 0.0822 e. The third-order valence-electron chi connectivity index (χ3n) is 2.86. The molecule has 0 N–H and O–H groups in total. The first-order chi connectivity index (χ1) is 7.88. The van der Waals surface area contributed by atoms with E-state index in [2.05, 4.69) is 18.9 Å². The summed E-state index contributed by atoms with van der Waals surface area (Å²) in [5, 5.41) is 0. The zero-order valence-corrected chi connectivity index (χ0v) is 10.2. The summed E-state index contributed by atoms with van der Waals surface area (Å²) in [5.74, 6) is 2.54. The van der Waals surface area contributed by atoms with Crippen molar-refractivity contribution < 1.29 is 4.74 Å². The van der Waals surface area contributed by atoms with Crippen molar-refractivity contribution in [2.75, 3.05) is 6.61 Å². The molecule has 0 heterocycles. The predicted octanol–water partition coefficient (Wildman–Crippen LogP) is 3.86. The van der Waals surface area contributed by atoms with Gasteiger partial charge in [-0.3, -0.25) is 0 Å². The van der Waals surface area contributed by atoms with Crippen LogP contribution in [-0.4, -0.2) is 12.7 Å². The molecule has 16 heavy (non-hydrogen) atoms. The van der Waals surface area contributed by atoms with Gasteiger partial charge in [-0.25, -0.2) is 0 Å². The molecule has 1 aliphatic carbocycles. The Morgan fingerprint density at radius 1 is 1.56 bits per heavy atom. The zero-order valence-electron chi connectivity index (χ0n) is 10.2. The normalized spacial score (nSPS) is 20.8. The van der Waals surface area contributed by atoms with Crippen molar-refractivity contribution in [1.29, 1.82) is 0 Å². The Morgan fingerprint density at radius 3 is 3.19 bits per heavy atom. The van der Waals surface area contributed by atoms with E-state index < -0.39 is 0 Å². The monoisotopic (exact) mass is 218 g/mol. The summed E-state index contributed by atoms with van der Waals surface area (Å²) in [4.78, 5) is 0. The molecule has 1 heteroatoms. The first-order valence-electron chi connectivity index (χ1n) is 6.32. The van der Waals surface area contributed by atoms with E-state index in [1.807, 2.05) is 6.08 Å². The fourth-order valence-corrected chi connectivity index (χ4v) is 1.95. The number of hydrogen-bond acceptors (Lipinski definition) is 1. The van der Waals surface area contributed by atoms with Gasteiger partial charge in [-0.1, -0.05) is 31.8 Å². The van der Waals surface area contributed by atoms with Crippen LogP contribution < -0.4 is 0 Å². The third-order valence-corrected chi connectivity index (χ3v) is 2.86. The number of ether oxygens (including phenoxy) is 1. The minimum Gasteiger partial charge on any atom is -0.374 e. The van der Waals surface area contributed by atoms with Crippen molar-refractivity contribution in [3.05, 3.63) is 23.8 Å². The summed E-state index contributed by atoms with van der Waals surface area (Å²) in [6.45, 7) is 3.08. The second-order valence-corrected chi connectivity index (χ2v) is 4.20. The summed E-state index contributed by atoms with van der Waals surface area (Å²) in [7, 11) is 0. The molecule has 0 fully saturated rings. The zero-order chi connectivity index (χ0) is 11.6. The van der Waals surface area contributed by atoms with Crippen molar-refractivity contribution in [3.8, 4) is 12.3 Å². The predicted molar refractivity (Wildman–Crippen MR) is 69.2 cm³/mol. The Hall–Kier alpha value is -1.00. The van der Waals surface area contributed by atoms with Gasteiger partial charge in [0.1, 0.15) is 0 Å². The summed E-state index contributed by atoms with van der Waals surface area (Å²) in [5.41, 5.74) is 1.26. The summed E-state index contributed by atoms with van der Waals surface area (Å²) in [6, 6.07) is 0. The van der Waals surface area contributed by atoms with Gasteiger partial charge in [0.05, 0.1) is 6.10 Å². The lowest BCUT2D eigenvalue weighted by Gasteiger charge is -2.22. The molecule has 0 aromatic rings. The van der Waals surface area contributed by atoms with Crippen molar-refractivity contribution in [3.63, 3.8) is 0 Å². The minimum atomic E-state index is 0.273. The fourth-order valence-electron chi connectivity index (χ4n) is 1.95. The highest BCUT2D eigenvalue weighted by atomic mass is 16.5. The van der Waals surface area contributed by atoms with Crippen molar-refractivity contribution in [2.24, 2.45) is 0 Å². The van der Waals surface area contributed by atoms with Crippen LogP contribution in [-0.2, 0) is 4.74 Å². The Morgan fingerprint density at radius 2 is 2.44 bits per heavy atom. The van der Waals surface area contributed by atoms with Crippen LogP contribution in [0.4, 0.5) is 0 Å². The van der Waals surface area contributed by atoms with Crippen LogP contribution in [0.1, 0.15) is 45.4 Å². The van der Waals surface area contributed by atoms with Gasteiger partial charge in [0.25, 0.3) is 0 Å². The van der Waals surface area contributed by atoms with Crippen LogP contribution in [0.15, 0.2) is 23.8 Å². The van der Waals surface area contributed by atoms with Gasteiger partial charge in [-0.05, 0) is 43.4 Å². The topological polar surface area (TPSA) is 9.23 Å². The molecule has 0 saturated heterocycles. The standard InChI is InChI=1S/C15H22O/c1-3-5-9-13-16-15-12-8-7-11-14(15)10-6-4-2/h2,6,10-11,15H,3,5,7-9,12-13H2,1H3. The average Bonchev–Trinajstić information content (AvgIpc) is 2.33. The molecule has 0 aromatic heterocycles. The number of unbranched alkanes of at least 4 members (excludes halogenated alkanes) is 2. The highest BCUT2D eigenvalue weighted by Gasteiger charge is 2.15. The molecule has 1 nitrogen and oxygen atoms in total. The summed E-state index contributed by atoms with van der Waals surface area (Å²) < 4.78 is 5.91. The first-order valence-corrected chi connectivity index (χ1v) is 6.32. The number of terminal acetylenes is 1. The molecule has 0 radical (unpaired) electrons. The van der Waals surface area contributed by atoms with Crippen LogP contribution in [0.3, 0.4) is 0 Å². The van der Waals surface area contributed by atoms with Gasteiger partial charge in [-0.15, -0.1) is 6.42 Å². The average molecular weight is 218 g/mol. The number of rotatable bonds is 6. The van der Waals surface area contributed by atoms with Crippen LogP contribution in [0.2, 0.25) is 0 Å². The van der Waals surface area contributed by atoms with E-state index in [1.165, 1.54) is 31.3 Å². The lowest BCUT2D eigenvalue weighted by Crippen LogP contribution is -2.18. The lowest BCUT2D eigenvalue weighted by atomic mass is 9.96. The summed E-state index contributed by atoms with van der Waals surface area (Å²) in [6.07, 6.45) is 18.7. The lowest BCUT2D eigenvalue weighted by molar-refractivity contribution is 0.0668. The van der Waals surface area contributed by atoms with Crippen LogP contribution in [0.25, 0.3) is 0 Å². The maximum Gasteiger partial charge on any atom is 0.0822 e. The van der Waals surface area contributed by atoms with E-state index in [-0.39, 0.29) is 6.10 Å². The maximum atomic E-state index is 5.91. The number of hydrogen-bond donors (Lipinski definition) is 0. The molecule has 88 valence electrons. The van der Waals surface area contributed by atoms with Gasteiger partial charge < -0.3 is 4.74 Å². The van der Waals surface area contributed by atoms with Gasteiger partial charge in [-0.2, -0.15) is 0 Å². The van der Waals surface area contributed by atoms with E-state index in [0.717, 1.165) is 19.4 Å². The van der Waals surface area contributed by atoms with E-state index in [0.29, 0.717) is 0 Å². The van der Waals surface area contributed by atoms with Crippen LogP contribution in [0, 0.1) is 12.3 Å². The minimum absolute atomic E-state index is 0.273. The van der Waals surface area contributed by atoms with Crippen molar-refractivity contribution in [2.45, 2.75) is 51.6 Å². The molecule has 0 saturated carbocycles. The molecule has 1 rings (SSSR count). The second kappa shape index (κ2) is 8.19. The fraction of sp³-hybridized carbons (Fsp3) is 0.600. The van der Waals surface area contributed by atoms with E-state index in [4.69, 9.17) is 11.2 Å². The molecule has 0 spiro atoms. The Bertz CT molecular complexity index is 280. The quantitative estimate of drug-likeness (QED) is 0.486. The second-order valence-electron chi connectivity index (χ2n) is 4.20. The molecule has 0 aromatic carbocycles. The molecule has 1 aliphatic rings. The van der Waals surface area contributed by atoms with Crippen molar-refractivity contribution >= 4 is 0 Å².